The smallest absolute Gasteiger partial charge is 0.108 e. The Kier molecular flexibility index (Phi) is 6.31. The molecular weight excluding hydrogens is 224 g/mol. The molecule has 2 N–H and O–H groups in total. The number of aliphatic hydroxyl groups is 1. The van der Waals surface area contributed by atoms with Crippen LogP contribution in [0.2, 0.25) is 0 Å². The van der Waals surface area contributed by atoms with E-state index in [0.29, 0.717) is 0 Å². The van der Waals surface area contributed by atoms with Crippen molar-refractivity contribution < 1.29 is 5.11 Å². The van der Waals surface area contributed by atoms with E-state index < -0.39 is 6.10 Å². The molecule has 3 heteroatoms. The molecule has 0 saturated carbocycles. The summed E-state index contributed by atoms with van der Waals surface area (Å²) in [4.78, 5) is 0. The van der Waals surface area contributed by atoms with Crippen LogP contribution < -0.4 is 0 Å². The maximum absolute atomic E-state index is 8.93. The van der Waals surface area contributed by atoms with Crippen molar-refractivity contribution in [3.05, 3.63) is 42.3 Å². The first-order valence-corrected chi connectivity index (χ1v) is 5.31. The van der Waals surface area contributed by atoms with E-state index in [9.17, 15) is 0 Å². The van der Waals surface area contributed by atoms with E-state index in [4.69, 9.17) is 5.11 Å². The normalized spacial score (nSPS) is 11.0. The van der Waals surface area contributed by atoms with Crippen LogP contribution in [0.25, 0.3) is 0 Å². The summed E-state index contributed by atoms with van der Waals surface area (Å²) in [5.74, 6) is 16.0. The molecule has 1 aromatic heterocycles. The number of aromatic amines is 1. The van der Waals surface area contributed by atoms with Gasteiger partial charge < -0.3 is 5.11 Å². The minimum absolute atomic E-state index is 0.444. The Morgan fingerprint density at radius 1 is 1.28 bits per heavy atom. The van der Waals surface area contributed by atoms with Gasteiger partial charge in [0.25, 0.3) is 0 Å². The van der Waals surface area contributed by atoms with Crippen LogP contribution in [-0.4, -0.2) is 21.4 Å². The molecule has 0 aliphatic heterocycles. The minimum Gasteiger partial charge on any atom is -0.389 e. The van der Waals surface area contributed by atoms with Crippen LogP contribution in [-0.2, 0) is 0 Å². The van der Waals surface area contributed by atoms with Gasteiger partial charge >= 0.3 is 0 Å². The zero-order valence-corrected chi connectivity index (χ0v) is 9.94. The standard InChI is InChI=1S/C15H12N2O/c1-14(18)10-8-6-4-2-3-5-7-9-11-15-12-13-16-17-15/h4,6,8,10,12-14,18H,1H3,(H,16,17)/b6-4+,10-8+. The molecule has 1 heterocycles. The summed E-state index contributed by atoms with van der Waals surface area (Å²) in [5, 5.41) is 15.4. The van der Waals surface area contributed by atoms with Gasteiger partial charge in [-0.15, -0.1) is 0 Å². The second-order valence-corrected chi connectivity index (χ2v) is 3.22. The first-order chi connectivity index (χ1) is 8.79. The van der Waals surface area contributed by atoms with Crippen molar-refractivity contribution in [1.29, 1.82) is 0 Å². The minimum atomic E-state index is -0.444. The fraction of sp³-hybridized carbons (Fsp3) is 0.133. The summed E-state index contributed by atoms with van der Waals surface area (Å²) < 4.78 is 0. The molecule has 88 valence electrons. The van der Waals surface area contributed by atoms with E-state index in [1.807, 2.05) is 0 Å². The third kappa shape index (κ3) is 6.75. The lowest BCUT2D eigenvalue weighted by atomic mass is 10.3. The van der Waals surface area contributed by atoms with E-state index in [2.05, 4.69) is 45.7 Å². The molecule has 0 spiro atoms. The molecule has 3 nitrogen and oxygen atoms in total. The first kappa shape index (κ1) is 13.4. The number of rotatable bonds is 2. The summed E-state index contributed by atoms with van der Waals surface area (Å²) in [6.45, 7) is 1.68. The summed E-state index contributed by atoms with van der Waals surface area (Å²) >= 11 is 0. The number of nitrogens with one attached hydrogen (secondary N) is 1. The Bertz CT molecular complexity index is 588. The molecule has 0 saturated heterocycles. The fourth-order valence-corrected chi connectivity index (χ4v) is 0.893. The van der Waals surface area contributed by atoms with Crippen molar-refractivity contribution in [1.82, 2.24) is 10.2 Å². The zero-order valence-electron chi connectivity index (χ0n) is 9.94. The Morgan fingerprint density at radius 3 is 2.83 bits per heavy atom. The average molecular weight is 236 g/mol. The van der Waals surface area contributed by atoms with E-state index in [0.717, 1.165) is 5.69 Å². The molecule has 0 fully saturated rings. The van der Waals surface area contributed by atoms with E-state index >= 15 is 0 Å². The van der Waals surface area contributed by atoms with Crippen molar-refractivity contribution in [2.75, 3.05) is 0 Å². The molecule has 1 atom stereocenters. The van der Waals surface area contributed by atoms with E-state index in [1.54, 1.807) is 43.5 Å². The van der Waals surface area contributed by atoms with Crippen LogP contribution in [0.1, 0.15) is 12.6 Å². The van der Waals surface area contributed by atoms with Gasteiger partial charge in [0.05, 0.1) is 6.10 Å². The third-order valence-corrected chi connectivity index (χ3v) is 1.64. The lowest BCUT2D eigenvalue weighted by Gasteiger charge is -1.88. The molecule has 18 heavy (non-hydrogen) atoms. The molecule has 1 rings (SSSR count). The summed E-state index contributed by atoms with van der Waals surface area (Å²) in [7, 11) is 0. The molecule has 1 unspecified atom stereocenters. The number of hydrogen-bond acceptors (Lipinski definition) is 2. The van der Waals surface area contributed by atoms with E-state index in [-0.39, 0.29) is 0 Å². The van der Waals surface area contributed by atoms with Crippen LogP contribution >= 0.6 is 0 Å². The second kappa shape index (κ2) is 8.48. The van der Waals surface area contributed by atoms with Crippen LogP contribution in [0, 0.1) is 35.5 Å². The second-order valence-electron chi connectivity index (χ2n) is 3.22. The van der Waals surface area contributed by atoms with Gasteiger partial charge in [-0.1, -0.05) is 24.1 Å². The molecular formula is C15H12N2O. The van der Waals surface area contributed by atoms with E-state index in [1.165, 1.54) is 0 Å². The summed E-state index contributed by atoms with van der Waals surface area (Å²) in [6, 6.07) is 1.76. The maximum atomic E-state index is 8.93. The SMILES string of the molecule is CC(O)/C=C/C=C/C#CC#CC#Cc1ccn[nH]1. The van der Waals surface area contributed by atoms with Gasteiger partial charge in [-0.2, -0.15) is 5.10 Å². The third-order valence-electron chi connectivity index (χ3n) is 1.64. The van der Waals surface area contributed by atoms with Gasteiger partial charge in [0.2, 0.25) is 0 Å². The van der Waals surface area contributed by atoms with Gasteiger partial charge in [-0.05, 0) is 48.7 Å². The van der Waals surface area contributed by atoms with Gasteiger partial charge in [0.15, 0.2) is 0 Å². The van der Waals surface area contributed by atoms with Crippen LogP contribution in [0.4, 0.5) is 0 Å². The number of hydrogen-bond donors (Lipinski definition) is 2. The molecule has 0 amide bonds. The number of H-pyrrole nitrogens is 1. The lowest BCUT2D eigenvalue weighted by molar-refractivity contribution is 0.244. The van der Waals surface area contributed by atoms with Gasteiger partial charge in [0, 0.05) is 6.20 Å². The molecule has 0 bridgehead atoms. The Balaban J connectivity index is 2.38. The highest BCUT2D eigenvalue weighted by molar-refractivity contribution is 5.41. The Labute approximate surface area is 107 Å². The molecule has 0 aromatic carbocycles. The topological polar surface area (TPSA) is 48.9 Å². The van der Waals surface area contributed by atoms with Gasteiger partial charge in [-0.25, -0.2) is 0 Å². The monoisotopic (exact) mass is 236 g/mol. The summed E-state index contributed by atoms with van der Waals surface area (Å²) in [6.07, 6.45) is 7.95. The van der Waals surface area contributed by atoms with Gasteiger partial charge in [-0.3, -0.25) is 5.10 Å². The highest BCUT2D eigenvalue weighted by atomic mass is 16.3. The first-order valence-electron chi connectivity index (χ1n) is 5.31. The maximum Gasteiger partial charge on any atom is 0.108 e. The zero-order chi connectivity index (χ0) is 13.1. The molecule has 1 aromatic rings. The molecule has 0 aliphatic rings. The quantitative estimate of drug-likeness (QED) is 0.600. The highest BCUT2D eigenvalue weighted by Gasteiger charge is 1.81. The number of nitrogens with zero attached hydrogens (tertiary/aromatic N) is 1. The van der Waals surface area contributed by atoms with Crippen LogP contribution in [0.15, 0.2) is 36.6 Å². The lowest BCUT2D eigenvalue weighted by Crippen LogP contribution is -1.90. The van der Waals surface area contributed by atoms with Crippen molar-refractivity contribution in [2.24, 2.45) is 0 Å². The summed E-state index contributed by atoms with van der Waals surface area (Å²) in [5.41, 5.74) is 0.723. The van der Waals surface area contributed by atoms with Crippen molar-refractivity contribution in [2.45, 2.75) is 13.0 Å². The van der Waals surface area contributed by atoms with Crippen molar-refractivity contribution in [3.63, 3.8) is 0 Å². The Morgan fingerprint density at radius 2 is 2.11 bits per heavy atom. The predicted octanol–water partition coefficient (Wildman–Crippen LogP) is 1.26. The number of allylic oxidation sites excluding steroid dienone is 3. The van der Waals surface area contributed by atoms with Crippen LogP contribution in [0.5, 0.6) is 0 Å². The van der Waals surface area contributed by atoms with Crippen molar-refractivity contribution in [3.8, 4) is 35.5 Å². The predicted molar refractivity (Wildman–Crippen MR) is 71.0 cm³/mol. The number of aliphatic hydroxyl groups excluding tert-OH is 1. The largest absolute Gasteiger partial charge is 0.389 e. The van der Waals surface area contributed by atoms with Gasteiger partial charge in [0.1, 0.15) is 5.69 Å². The Hall–Kier alpha value is -2.67. The van der Waals surface area contributed by atoms with Crippen LogP contribution in [0.3, 0.4) is 0 Å². The molecule has 0 aliphatic carbocycles. The van der Waals surface area contributed by atoms with Crippen molar-refractivity contribution >= 4 is 0 Å². The highest BCUT2D eigenvalue weighted by Crippen LogP contribution is 1.85. The molecule has 0 radical (unpaired) electrons. The number of aromatic nitrogens is 2. The fourth-order valence-electron chi connectivity index (χ4n) is 0.893. The average Bonchev–Trinajstić information content (AvgIpc) is 2.84.